The number of nitrogens with one attached hydrogen (secondary N) is 2. The van der Waals surface area contributed by atoms with E-state index in [0.29, 0.717) is 6.07 Å². The van der Waals surface area contributed by atoms with Crippen LogP contribution < -0.4 is 15.5 Å². The van der Waals surface area contributed by atoms with Crippen molar-refractivity contribution in [2.24, 2.45) is 0 Å². The molecule has 2 atom stereocenters. The zero-order valence-electron chi connectivity index (χ0n) is 18.0. The number of anilines is 2. The van der Waals surface area contributed by atoms with Crippen LogP contribution in [0.15, 0.2) is 48.5 Å². The van der Waals surface area contributed by atoms with Gasteiger partial charge in [-0.05, 0) is 48.5 Å². The van der Waals surface area contributed by atoms with Crippen LogP contribution in [-0.4, -0.2) is 30.0 Å². The number of carbonyl (C=O) groups excluding carboxylic acids is 2. The quantitative estimate of drug-likeness (QED) is 0.418. The fraction of sp³-hybridized carbons (Fsp3) is 0.167. The van der Waals surface area contributed by atoms with Crippen LogP contribution in [0.4, 0.5) is 38.1 Å². The Morgan fingerprint density at radius 2 is 1.78 bits per heavy atom. The molecule has 3 aromatic rings. The number of halogens is 6. The number of fused-ring (bicyclic) bond motifs is 2. The Bertz CT molecular complexity index is 1440. The van der Waals surface area contributed by atoms with Crippen molar-refractivity contribution in [1.29, 1.82) is 0 Å². The summed E-state index contributed by atoms with van der Waals surface area (Å²) >= 11 is 6.20. The molecule has 0 aliphatic carbocycles. The molecule has 3 N–H and O–H groups in total. The molecule has 2 aliphatic rings. The van der Waals surface area contributed by atoms with Gasteiger partial charge in [0.2, 0.25) is 0 Å². The molecule has 0 fully saturated rings. The molecule has 0 radical (unpaired) electrons. The number of aliphatic hydroxyl groups is 1. The Kier molecular flexibility index (Phi) is 5.64. The third-order valence-corrected chi connectivity index (χ3v) is 6.53. The normalized spacial score (nSPS) is 20.4. The fourth-order valence-electron chi connectivity index (χ4n) is 4.52. The minimum Gasteiger partial charge on any atom is -0.377 e. The summed E-state index contributed by atoms with van der Waals surface area (Å²) in [7, 11) is 0. The van der Waals surface area contributed by atoms with E-state index in [2.05, 4.69) is 10.6 Å². The summed E-state index contributed by atoms with van der Waals surface area (Å²) in [5, 5.41) is 15.5. The molecule has 0 aromatic heterocycles. The standard InChI is InChI=1S/C24H15ClF5N3O3/c25-16-3-1-10(26)5-13(16)20-19-14(21(34)32-20)6-12(28)8-17(19)31-23(35)33-9-24(36,22(29)30)15-7-11(27)2-4-18(15)33/h1-8,20,22,36H,9H2,(H,31,35)(H,32,34)/t20-,24+/m0/s1. The first kappa shape index (κ1) is 24.0. The minimum atomic E-state index is -3.35. The second kappa shape index (κ2) is 8.45. The van der Waals surface area contributed by atoms with Gasteiger partial charge in [-0.3, -0.25) is 9.69 Å². The van der Waals surface area contributed by atoms with Crippen LogP contribution in [-0.2, 0) is 5.60 Å². The summed E-state index contributed by atoms with van der Waals surface area (Å²) in [6, 6.07) is 5.85. The first-order valence-corrected chi connectivity index (χ1v) is 10.9. The van der Waals surface area contributed by atoms with E-state index in [4.69, 9.17) is 11.6 Å². The topological polar surface area (TPSA) is 81.7 Å². The number of nitrogens with zero attached hydrogens (tertiary/aromatic N) is 1. The Balaban J connectivity index is 1.56. The first-order valence-electron chi connectivity index (χ1n) is 10.5. The summed E-state index contributed by atoms with van der Waals surface area (Å²) in [4.78, 5) is 26.5. The summed E-state index contributed by atoms with van der Waals surface area (Å²) in [5.41, 5.74) is -3.65. The van der Waals surface area contributed by atoms with Gasteiger partial charge in [0.15, 0.2) is 5.60 Å². The number of alkyl halides is 2. The molecular formula is C24H15ClF5N3O3. The maximum Gasteiger partial charge on any atom is 0.326 e. The van der Waals surface area contributed by atoms with E-state index >= 15 is 0 Å². The third kappa shape index (κ3) is 3.75. The second-order valence-corrected chi connectivity index (χ2v) is 8.80. The van der Waals surface area contributed by atoms with Gasteiger partial charge in [0.1, 0.15) is 17.5 Å². The monoisotopic (exact) mass is 523 g/mol. The van der Waals surface area contributed by atoms with Crippen LogP contribution >= 0.6 is 11.6 Å². The number of amides is 3. The lowest BCUT2D eigenvalue weighted by atomic mass is 9.96. The van der Waals surface area contributed by atoms with Gasteiger partial charge in [0.05, 0.1) is 24.0 Å². The van der Waals surface area contributed by atoms with E-state index < -0.39 is 59.6 Å². The van der Waals surface area contributed by atoms with Crippen molar-refractivity contribution in [3.05, 3.63) is 93.3 Å². The molecule has 5 rings (SSSR count). The molecule has 0 spiro atoms. The van der Waals surface area contributed by atoms with Crippen LogP contribution in [0.5, 0.6) is 0 Å². The first-order chi connectivity index (χ1) is 17.0. The van der Waals surface area contributed by atoms with Gasteiger partial charge in [0, 0.05) is 27.3 Å². The van der Waals surface area contributed by atoms with Crippen molar-refractivity contribution in [1.82, 2.24) is 5.32 Å². The molecular weight excluding hydrogens is 509 g/mol. The van der Waals surface area contributed by atoms with Crippen LogP contribution in [0.3, 0.4) is 0 Å². The van der Waals surface area contributed by atoms with Crippen molar-refractivity contribution >= 4 is 34.9 Å². The maximum atomic E-state index is 14.4. The number of urea groups is 1. The number of carbonyl (C=O) groups is 2. The molecule has 3 amide bonds. The molecule has 186 valence electrons. The van der Waals surface area contributed by atoms with Crippen molar-refractivity contribution in [3.63, 3.8) is 0 Å². The van der Waals surface area contributed by atoms with Gasteiger partial charge in [-0.2, -0.15) is 0 Å². The van der Waals surface area contributed by atoms with Crippen LogP contribution in [0.1, 0.15) is 33.1 Å². The second-order valence-electron chi connectivity index (χ2n) is 8.39. The van der Waals surface area contributed by atoms with Gasteiger partial charge >= 0.3 is 6.03 Å². The molecule has 36 heavy (non-hydrogen) atoms. The van der Waals surface area contributed by atoms with E-state index in [1.54, 1.807) is 0 Å². The van der Waals surface area contributed by atoms with Gasteiger partial charge in [-0.25, -0.2) is 26.7 Å². The average Bonchev–Trinajstić information content (AvgIpc) is 3.30. The van der Waals surface area contributed by atoms with Crippen molar-refractivity contribution in [3.8, 4) is 0 Å². The van der Waals surface area contributed by atoms with Crippen molar-refractivity contribution < 1.29 is 36.6 Å². The van der Waals surface area contributed by atoms with E-state index in [-0.39, 0.29) is 33.1 Å². The van der Waals surface area contributed by atoms with Gasteiger partial charge in [-0.15, -0.1) is 0 Å². The van der Waals surface area contributed by atoms with Crippen LogP contribution in [0, 0.1) is 17.5 Å². The van der Waals surface area contributed by atoms with E-state index in [1.807, 2.05) is 0 Å². The molecule has 6 nitrogen and oxygen atoms in total. The zero-order chi connectivity index (χ0) is 25.9. The van der Waals surface area contributed by atoms with E-state index in [9.17, 15) is 36.6 Å². The van der Waals surface area contributed by atoms with Crippen molar-refractivity contribution in [2.45, 2.75) is 18.1 Å². The Labute approximate surface area is 205 Å². The van der Waals surface area contributed by atoms with E-state index in [0.717, 1.165) is 41.3 Å². The summed E-state index contributed by atoms with van der Waals surface area (Å²) in [5.74, 6) is -3.15. The highest BCUT2D eigenvalue weighted by Crippen LogP contribution is 2.44. The Hall–Kier alpha value is -3.70. The lowest BCUT2D eigenvalue weighted by molar-refractivity contribution is -0.0892. The smallest absolute Gasteiger partial charge is 0.326 e. The molecule has 0 unspecified atom stereocenters. The molecule has 0 saturated heterocycles. The molecule has 0 saturated carbocycles. The lowest BCUT2D eigenvalue weighted by Gasteiger charge is -2.24. The summed E-state index contributed by atoms with van der Waals surface area (Å²) in [6.45, 7) is -0.914. The highest BCUT2D eigenvalue weighted by Gasteiger charge is 2.50. The SMILES string of the molecule is O=C1N[C@@H](c2cc(F)ccc2Cl)c2c(NC(=O)N3C[C@](O)(C(F)F)c4cc(F)ccc43)cc(F)cc21. The largest absolute Gasteiger partial charge is 0.377 e. The van der Waals surface area contributed by atoms with Gasteiger partial charge in [-0.1, -0.05) is 11.6 Å². The predicted molar refractivity (Wildman–Crippen MR) is 120 cm³/mol. The number of hydrogen-bond donors (Lipinski definition) is 3. The third-order valence-electron chi connectivity index (χ3n) is 6.19. The number of rotatable bonds is 3. The predicted octanol–water partition coefficient (Wildman–Crippen LogP) is 5.09. The number of benzene rings is 3. The lowest BCUT2D eigenvalue weighted by Crippen LogP contribution is -2.43. The molecule has 0 bridgehead atoms. The maximum absolute atomic E-state index is 14.4. The van der Waals surface area contributed by atoms with Gasteiger partial charge in [0.25, 0.3) is 12.3 Å². The summed E-state index contributed by atoms with van der Waals surface area (Å²) in [6.07, 6.45) is -3.35. The molecule has 12 heteroatoms. The Morgan fingerprint density at radius 1 is 1.08 bits per heavy atom. The van der Waals surface area contributed by atoms with E-state index in [1.165, 1.54) is 6.07 Å². The number of hydrogen-bond acceptors (Lipinski definition) is 3. The van der Waals surface area contributed by atoms with Crippen molar-refractivity contribution in [2.75, 3.05) is 16.8 Å². The number of β-amino-alcohol motifs (C(OH)–C–C–N with tert-alkyl or cyclic N) is 1. The van der Waals surface area contributed by atoms with Crippen LogP contribution in [0.2, 0.25) is 5.02 Å². The zero-order valence-corrected chi connectivity index (χ0v) is 18.7. The van der Waals surface area contributed by atoms with Crippen LogP contribution in [0.25, 0.3) is 0 Å². The average molecular weight is 524 g/mol. The molecule has 2 heterocycles. The fourth-order valence-corrected chi connectivity index (χ4v) is 4.75. The minimum absolute atomic E-state index is 0.0740. The highest BCUT2D eigenvalue weighted by atomic mass is 35.5. The highest BCUT2D eigenvalue weighted by molar-refractivity contribution is 6.31. The Morgan fingerprint density at radius 3 is 2.50 bits per heavy atom. The summed E-state index contributed by atoms with van der Waals surface area (Å²) < 4.78 is 69.5. The molecule has 2 aliphatic heterocycles. The molecule has 3 aromatic carbocycles. The van der Waals surface area contributed by atoms with Gasteiger partial charge < -0.3 is 15.7 Å².